The first-order chi connectivity index (χ1) is 10.6. The second kappa shape index (κ2) is 7.12. The van der Waals surface area contributed by atoms with Crippen LogP contribution in [-0.2, 0) is 6.42 Å². The zero-order chi connectivity index (χ0) is 15.9. The zero-order valence-corrected chi connectivity index (χ0v) is 12.0. The van der Waals surface area contributed by atoms with E-state index in [2.05, 4.69) is 10.5 Å². The molecule has 0 aliphatic carbocycles. The van der Waals surface area contributed by atoms with Crippen molar-refractivity contribution < 1.29 is 9.72 Å². The molecule has 0 saturated carbocycles. The quantitative estimate of drug-likeness (QED) is 0.523. The van der Waals surface area contributed by atoms with Crippen LogP contribution < -0.4 is 5.43 Å². The van der Waals surface area contributed by atoms with Gasteiger partial charge in [0.25, 0.3) is 11.6 Å². The summed E-state index contributed by atoms with van der Waals surface area (Å²) in [5, 5.41) is 14.7. The molecule has 0 atom stereocenters. The number of rotatable bonds is 5. The first kappa shape index (κ1) is 15.4. The van der Waals surface area contributed by atoms with Gasteiger partial charge in [-0.3, -0.25) is 14.9 Å². The lowest BCUT2D eigenvalue weighted by atomic mass is 10.1. The Hall–Kier alpha value is -3.02. The molecule has 0 unspecified atom stereocenters. The van der Waals surface area contributed by atoms with E-state index < -0.39 is 10.8 Å². The van der Waals surface area contributed by atoms with E-state index in [1.54, 1.807) is 6.92 Å². The summed E-state index contributed by atoms with van der Waals surface area (Å²) in [5.41, 5.74) is 4.32. The number of carbonyl (C=O) groups is 1. The highest BCUT2D eigenvalue weighted by molar-refractivity contribution is 5.95. The number of benzene rings is 2. The minimum Gasteiger partial charge on any atom is -0.267 e. The third-order valence-corrected chi connectivity index (χ3v) is 2.97. The van der Waals surface area contributed by atoms with Crippen LogP contribution in [-0.4, -0.2) is 16.5 Å². The van der Waals surface area contributed by atoms with Crippen molar-refractivity contribution in [2.24, 2.45) is 5.10 Å². The lowest BCUT2D eigenvalue weighted by molar-refractivity contribution is -0.384. The van der Waals surface area contributed by atoms with Crippen molar-refractivity contribution >= 4 is 17.3 Å². The van der Waals surface area contributed by atoms with Gasteiger partial charge in [-0.05, 0) is 18.6 Å². The normalized spacial score (nSPS) is 11.0. The summed E-state index contributed by atoms with van der Waals surface area (Å²) in [7, 11) is 0. The average Bonchev–Trinajstić information content (AvgIpc) is 2.53. The number of nitro benzene ring substituents is 1. The standard InChI is InChI=1S/C16H15N3O3/c1-12(10-13-6-3-2-4-7-13)17-18-16(20)14-8-5-9-15(11-14)19(21)22/h2-9,11H,10H2,1H3,(H,18,20). The topological polar surface area (TPSA) is 84.6 Å². The summed E-state index contributed by atoms with van der Waals surface area (Å²) in [6.45, 7) is 1.81. The predicted molar refractivity (Wildman–Crippen MR) is 83.8 cm³/mol. The van der Waals surface area contributed by atoms with E-state index in [-0.39, 0.29) is 11.3 Å². The molecular weight excluding hydrogens is 282 g/mol. The van der Waals surface area contributed by atoms with Crippen molar-refractivity contribution in [3.63, 3.8) is 0 Å². The minimum absolute atomic E-state index is 0.127. The average molecular weight is 297 g/mol. The Bertz CT molecular complexity index is 712. The number of nitrogens with one attached hydrogen (secondary N) is 1. The van der Waals surface area contributed by atoms with Crippen LogP contribution in [0.3, 0.4) is 0 Å². The van der Waals surface area contributed by atoms with Gasteiger partial charge in [-0.2, -0.15) is 5.10 Å². The number of hydrogen-bond acceptors (Lipinski definition) is 4. The smallest absolute Gasteiger partial charge is 0.267 e. The van der Waals surface area contributed by atoms with Crippen molar-refractivity contribution in [3.8, 4) is 0 Å². The fourth-order valence-electron chi connectivity index (χ4n) is 1.90. The highest BCUT2D eigenvalue weighted by atomic mass is 16.6. The number of hydrogen-bond donors (Lipinski definition) is 1. The van der Waals surface area contributed by atoms with Crippen molar-refractivity contribution in [1.29, 1.82) is 0 Å². The SMILES string of the molecule is CC(Cc1ccccc1)=NNC(=O)c1cccc([N+](=O)[O-])c1. The molecule has 22 heavy (non-hydrogen) atoms. The van der Waals surface area contributed by atoms with E-state index in [0.717, 1.165) is 11.3 Å². The molecule has 0 bridgehead atoms. The van der Waals surface area contributed by atoms with Gasteiger partial charge in [-0.1, -0.05) is 36.4 Å². The molecule has 112 valence electrons. The third kappa shape index (κ3) is 4.24. The van der Waals surface area contributed by atoms with Crippen LogP contribution in [0.25, 0.3) is 0 Å². The molecule has 6 heteroatoms. The van der Waals surface area contributed by atoms with Crippen molar-refractivity contribution in [1.82, 2.24) is 5.43 Å². The lowest BCUT2D eigenvalue weighted by Gasteiger charge is -2.03. The second-order valence-corrected chi connectivity index (χ2v) is 4.76. The van der Waals surface area contributed by atoms with E-state index in [9.17, 15) is 14.9 Å². The van der Waals surface area contributed by atoms with Gasteiger partial charge in [0.15, 0.2) is 0 Å². The molecule has 2 aromatic carbocycles. The van der Waals surface area contributed by atoms with Crippen molar-refractivity contribution in [2.75, 3.05) is 0 Å². The Morgan fingerprint density at radius 1 is 1.18 bits per heavy atom. The fraction of sp³-hybridized carbons (Fsp3) is 0.125. The second-order valence-electron chi connectivity index (χ2n) is 4.76. The highest BCUT2D eigenvalue weighted by Crippen LogP contribution is 2.12. The van der Waals surface area contributed by atoms with Crippen LogP contribution in [0.2, 0.25) is 0 Å². The predicted octanol–water partition coefficient (Wildman–Crippen LogP) is 2.94. The van der Waals surface area contributed by atoms with Crippen LogP contribution in [0.15, 0.2) is 59.7 Å². The Balaban J connectivity index is 2.01. The molecule has 0 saturated heterocycles. The van der Waals surface area contributed by atoms with Crippen molar-refractivity contribution in [3.05, 3.63) is 75.8 Å². The number of hydrazone groups is 1. The molecule has 0 spiro atoms. The molecular formula is C16H15N3O3. The molecule has 0 aromatic heterocycles. The number of non-ortho nitro benzene ring substituents is 1. The van der Waals surface area contributed by atoms with Crippen LogP contribution >= 0.6 is 0 Å². The molecule has 6 nitrogen and oxygen atoms in total. The number of nitrogens with zero attached hydrogens (tertiary/aromatic N) is 2. The largest absolute Gasteiger partial charge is 0.271 e. The third-order valence-electron chi connectivity index (χ3n) is 2.97. The van der Waals surface area contributed by atoms with Gasteiger partial charge in [0.1, 0.15) is 0 Å². The number of nitro groups is 1. The summed E-state index contributed by atoms with van der Waals surface area (Å²) >= 11 is 0. The Morgan fingerprint density at radius 3 is 2.59 bits per heavy atom. The van der Waals surface area contributed by atoms with Gasteiger partial charge in [0, 0.05) is 29.8 Å². The molecule has 2 aromatic rings. The maximum absolute atomic E-state index is 11.9. The maximum atomic E-state index is 11.9. The van der Waals surface area contributed by atoms with Crippen molar-refractivity contribution in [2.45, 2.75) is 13.3 Å². The summed E-state index contributed by atoms with van der Waals surface area (Å²) in [6, 6.07) is 15.3. The van der Waals surface area contributed by atoms with Gasteiger partial charge in [0.05, 0.1) is 4.92 Å². The summed E-state index contributed by atoms with van der Waals surface area (Å²) in [4.78, 5) is 22.1. The van der Waals surface area contributed by atoms with E-state index in [1.807, 2.05) is 30.3 Å². The van der Waals surface area contributed by atoms with E-state index in [4.69, 9.17) is 0 Å². The Morgan fingerprint density at radius 2 is 1.91 bits per heavy atom. The molecule has 1 amide bonds. The fourth-order valence-corrected chi connectivity index (χ4v) is 1.90. The summed E-state index contributed by atoms with van der Waals surface area (Å²) in [6.07, 6.45) is 0.621. The molecule has 0 radical (unpaired) electrons. The first-order valence-corrected chi connectivity index (χ1v) is 6.68. The van der Waals surface area contributed by atoms with Crippen LogP contribution in [0.1, 0.15) is 22.8 Å². The molecule has 0 heterocycles. The lowest BCUT2D eigenvalue weighted by Crippen LogP contribution is -2.19. The monoisotopic (exact) mass is 297 g/mol. The summed E-state index contributed by atoms with van der Waals surface area (Å²) in [5.74, 6) is -0.476. The Labute approximate surface area is 127 Å². The van der Waals surface area contributed by atoms with Crippen LogP contribution in [0.5, 0.6) is 0 Å². The van der Waals surface area contributed by atoms with Gasteiger partial charge in [-0.25, -0.2) is 5.43 Å². The highest BCUT2D eigenvalue weighted by Gasteiger charge is 2.10. The van der Waals surface area contributed by atoms with Gasteiger partial charge in [-0.15, -0.1) is 0 Å². The molecule has 1 N–H and O–H groups in total. The Kier molecular flexibility index (Phi) is 4.98. The zero-order valence-electron chi connectivity index (χ0n) is 12.0. The van der Waals surface area contributed by atoms with Crippen LogP contribution in [0, 0.1) is 10.1 Å². The molecule has 2 rings (SSSR count). The van der Waals surface area contributed by atoms with Gasteiger partial charge in [0.2, 0.25) is 0 Å². The van der Waals surface area contributed by atoms with Gasteiger partial charge < -0.3 is 0 Å². The molecule has 0 aliphatic rings. The number of carbonyl (C=O) groups excluding carboxylic acids is 1. The van der Waals surface area contributed by atoms with E-state index >= 15 is 0 Å². The summed E-state index contributed by atoms with van der Waals surface area (Å²) < 4.78 is 0. The van der Waals surface area contributed by atoms with E-state index in [1.165, 1.54) is 24.3 Å². The van der Waals surface area contributed by atoms with Crippen LogP contribution in [0.4, 0.5) is 5.69 Å². The van der Waals surface area contributed by atoms with Gasteiger partial charge >= 0.3 is 0 Å². The first-order valence-electron chi connectivity index (χ1n) is 6.68. The number of amides is 1. The maximum Gasteiger partial charge on any atom is 0.271 e. The molecule has 0 fully saturated rings. The van der Waals surface area contributed by atoms with E-state index in [0.29, 0.717) is 6.42 Å². The molecule has 0 aliphatic heterocycles. The minimum atomic E-state index is -0.541.